The average molecular weight is 446 g/mol. The number of fused-ring (bicyclic) bond motifs is 1. The smallest absolute Gasteiger partial charge is 0.338 e. The van der Waals surface area contributed by atoms with Gasteiger partial charge in [-0.05, 0) is 48.7 Å². The van der Waals surface area contributed by atoms with Gasteiger partial charge in [0.15, 0.2) is 18.1 Å². The molecule has 0 aliphatic carbocycles. The van der Waals surface area contributed by atoms with Crippen LogP contribution in [0.1, 0.15) is 28.8 Å². The Kier molecular flexibility index (Phi) is 6.10. The van der Waals surface area contributed by atoms with Crippen LogP contribution in [0.3, 0.4) is 0 Å². The van der Waals surface area contributed by atoms with Gasteiger partial charge in [0.25, 0.3) is 5.91 Å². The molecule has 0 spiro atoms. The minimum atomic E-state index is -3.88. The summed E-state index contributed by atoms with van der Waals surface area (Å²) in [5.74, 6) is 0.173. The number of carbonyl (C=O) groups excluding carboxylic acids is 2. The summed E-state index contributed by atoms with van der Waals surface area (Å²) in [6.45, 7) is 1.14. The molecule has 1 fully saturated rings. The Labute approximate surface area is 179 Å². The average Bonchev–Trinajstić information content (AvgIpc) is 3.47. The van der Waals surface area contributed by atoms with Crippen LogP contribution < -0.4 is 14.2 Å². The molecule has 0 atom stereocenters. The van der Waals surface area contributed by atoms with E-state index < -0.39 is 16.0 Å². The summed E-state index contributed by atoms with van der Waals surface area (Å²) in [6.07, 6.45) is 1.89. The zero-order valence-corrected chi connectivity index (χ0v) is 17.5. The Bertz CT molecular complexity index is 1090. The van der Waals surface area contributed by atoms with Crippen molar-refractivity contribution in [2.45, 2.75) is 24.3 Å². The van der Waals surface area contributed by atoms with Gasteiger partial charge in [-0.1, -0.05) is 12.1 Å². The number of hydrogen-bond donors (Lipinski definition) is 1. The number of nitrogens with one attached hydrogen (secondary N) is 1. The number of amides is 1. The molecule has 0 radical (unpaired) electrons. The van der Waals surface area contributed by atoms with Gasteiger partial charge in [0, 0.05) is 19.6 Å². The van der Waals surface area contributed by atoms with Crippen molar-refractivity contribution in [3.63, 3.8) is 0 Å². The molecule has 2 aliphatic heterocycles. The van der Waals surface area contributed by atoms with Crippen LogP contribution in [0.15, 0.2) is 47.4 Å². The highest BCUT2D eigenvalue weighted by atomic mass is 32.2. The van der Waals surface area contributed by atoms with Crippen molar-refractivity contribution in [1.82, 2.24) is 9.62 Å². The molecule has 1 saturated heterocycles. The molecule has 1 N–H and O–H groups in total. The molecule has 9 nitrogen and oxygen atoms in total. The maximum absolute atomic E-state index is 12.7. The number of benzene rings is 2. The molecule has 2 heterocycles. The van der Waals surface area contributed by atoms with Gasteiger partial charge in [0.1, 0.15) is 0 Å². The van der Waals surface area contributed by atoms with Gasteiger partial charge in [-0.15, -0.1) is 0 Å². The predicted octanol–water partition coefficient (Wildman–Crippen LogP) is 1.67. The molecule has 0 aromatic heterocycles. The minimum Gasteiger partial charge on any atom is -0.454 e. The second-order valence-corrected chi connectivity index (χ2v) is 8.97. The third-order valence-corrected chi connectivity index (χ3v) is 6.47. The van der Waals surface area contributed by atoms with E-state index in [1.54, 1.807) is 23.1 Å². The van der Waals surface area contributed by atoms with E-state index >= 15 is 0 Å². The van der Waals surface area contributed by atoms with Gasteiger partial charge in [0.05, 0.1) is 10.5 Å². The van der Waals surface area contributed by atoms with Crippen LogP contribution in [0.2, 0.25) is 0 Å². The number of carbonyl (C=O) groups is 2. The summed E-state index contributed by atoms with van der Waals surface area (Å²) in [4.78, 5) is 25.9. The first-order valence-corrected chi connectivity index (χ1v) is 11.3. The number of ether oxygens (including phenoxy) is 3. The largest absolute Gasteiger partial charge is 0.454 e. The highest BCUT2D eigenvalue weighted by Gasteiger charge is 2.21. The Morgan fingerprint density at radius 3 is 2.61 bits per heavy atom. The Hall–Kier alpha value is -3.11. The van der Waals surface area contributed by atoms with Crippen LogP contribution >= 0.6 is 0 Å². The van der Waals surface area contributed by atoms with E-state index in [0.29, 0.717) is 30.2 Å². The third-order valence-electron chi connectivity index (χ3n) is 5.07. The van der Waals surface area contributed by atoms with Crippen molar-refractivity contribution in [2.75, 3.05) is 26.5 Å². The summed E-state index contributed by atoms with van der Waals surface area (Å²) in [5.41, 5.74) is 0.754. The van der Waals surface area contributed by atoms with Crippen molar-refractivity contribution in [3.05, 3.63) is 53.6 Å². The number of esters is 1. The SMILES string of the molecule is O=C(OCC(=O)N1CCCC1)c1cccc(S(=O)(=O)NCc2ccc3c(c2)OCO3)c1. The quantitative estimate of drug-likeness (QED) is 0.644. The normalized spacial score (nSPS) is 15.2. The van der Waals surface area contributed by atoms with E-state index in [4.69, 9.17) is 14.2 Å². The van der Waals surface area contributed by atoms with Crippen LogP contribution in [-0.4, -0.2) is 51.7 Å². The van der Waals surface area contributed by atoms with Gasteiger partial charge < -0.3 is 19.1 Å². The van der Waals surface area contributed by atoms with E-state index in [9.17, 15) is 18.0 Å². The summed E-state index contributed by atoms with van der Waals surface area (Å²) in [5, 5.41) is 0. The second kappa shape index (κ2) is 8.94. The molecule has 2 aromatic carbocycles. The first-order chi connectivity index (χ1) is 14.9. The van der Waals surface area contributed by atoms with Crippen LogP contribution in [0.25, 0.3) is 0 Å². The number of sulfonamides is 1. The second-order valence-electron chi connectivity index (χ2n) is 7.20. The van der Waals surface area contributed by atoms with Crippen molar-refractivity contribution in [3.8, 4) is 11.5 Å². The molecule has 31 heavy (non-hydrogen) atoms. The molecule has 0 unspecified atom stereocenters. The van der Waals surface area contributed by atoms with E-state index in [1.165, 1.54) is 24.3 Å². The van der Waals surface area contributed by atoms with Crippen LogP contribution in [-0.2, 0) is 26.1 Å². The fourth-order valence-corrected chi connectivity index (χ4v) is 4.43. The maximum atomic E-state index is 12.7. The highest BCUT2D eigenvalue weighted by Crippen LogP contribution is 2.32. The predicted molar refractivity (Wildman–Crippen MR) is 109 cm³/mol. The molecule has 10 heteroatoms. The van der Waals surface area contributed by atoms with Gasteiger partial charge in [-0.25, -0.2) is 17.9 Å². The fourth-order valence-electron chi connectivity index (χ4n) is 3.37. The summed E-state index contributed by atoms with van der Waals surface area (Å²) in [6, 6.07) is 10.7. The lowest BCUT2D eigenvalue weighted by atomic mass is 10.2. The standard InChI is InChI=1S/C21H22N2O7S/c24-20(23-8-1-2-9-23)13-28-21(25)16-4-3-5-17(11-16)31(26,27)22-12-15-6-7-18-19(10-15)30-14-29-18/h3-7,10-11,22H,1-2,8-9,12-14H2. The molecule has 1 amide bonds. The molecular weight excluding hydrogens is 424 g/mol. The lowest BCUT2D eigenvalue weighted by molar-refractivity contribution is -0.133. The Balaban J connectivity index is 1.37. The number of hydrogen-bond acceptors (Lipinski definition) is 7. The molecule has 2 aliphatic rings. The van der Waals surface area contributed by atoms with Crippen molar-refractivity contribution in [1.29, 1.82) is 0 Å². The molecule has 0 bridgehead atoms. The molecule has 4 rings (SSSR count). The monoisotopic (exact) mass is 446 g/mol. The summed E-state index contributed by atoms with van der Waals surface area (Å²) < 4.78 is 43.4. The maximum Gasteiger partial charge on any atom is 0.338 e. The van der Waals surface area contributed by atoms with Gasteiger partial charge in [-0.3, -0.25) is 4.79 Å². The van der Waals surface area contributed by atoms with Gasteiger partial charge in [-0.2, -0.15) is 0 Å². The molecule has 0 saturated carbocycles. The van der Waals surface area contributed by atoms with Crippen molar-refractivity contribution < 1.29 is 32.2 Å². The van der Waals surface area contributed by atoms with Crippen LogP contribution in [0.5, 0.6) is 11.5 Å². The first-order valence-electron chi connectivity index (χ1n) is 9.85. The summed E-state index contributed by atoms with van der Waals surface area (Å²) >= 11 is 0. The van der Waals surface area contributed by atoms with Gasteiger partial charge >= 0.3 is 5.97 Å². The van der Waals surface area contributed by atoms with E-state index in [2.05, 4.69) is 4.72 Å². The summed E-state index contributed by atoms with van der Waals surface area (Å²) in [7, 11) is -3.88. The first kappa shape index (κ1) is 21.1. The minimum absolute atomic E-state index is 0.0397. The van der Waals surface area contributed by atoms with Crippen molar-refractivity contribution >= 4 is 21.9 Å². The van der Waals surface area contributed by atoms with Gasteiger partial charge in [0.2, 0.25) is 16.8 Å². The van der Waals surface area contributed by atoms with Crippen LogP contribution in [0, 0.1) is 0 Å². The number of likely N-dealkylation sites (tertiary alicyclic amines) is 1. The van der Waals surface area contributed by atoms with E-state index in [-0.39, 0.29) is 36.3 Å². The van der Waals surface area contributed by atoms with Crippen molar-refractivity contribution in [2.24, 2.45) is 0 Å². The zero-order valence-electron chi connectivity index (χ0n) is 16.7. The Morgan fingerprint density at radius 2 is 1.81 bits per heavy atom. The number of nitrogens with zero attached hydrogens (tertiary/aromatic N) is 1. The zero-order chi connectivity index (χ0) is 21.8. The lowest BCUT2D eigenvalue weighted by Crippen LogP contribution is -2.32. The molecule has 2 aromatic rings. The number of rotatable bonds is 7. The Morgan fingerprint density at radius 1 is 1.03 bits per heavy atom. The molecule has 164 valence electrons. The lowest BCUT2D eigenvalue weighted by Gasteiger charge is -2.15. The topological polar surface area (TPSA) is 111 Å². The molecular formula is C21H22N2O7S. The highest BCUT2D eigenvalue weighted by molar-refractivity contribution is 7.89. The van der Waals surface area contributed by atoms with E-state index in [1.807, 2.05) is 0 Å². The fraction of sp³-hybridized carbons (Fsp3) is 0.333. The van der Waals surface area contributed by atoms with Crippen LogP contribution in [0.4, 0.5) is 0 Å². The van der Waals surface area contributed by atoms with E-state index in [0.717, 1.165) is 12.8 Å². The third kappa shape index (κ3) is 4.97.